The van der Waals surface area contributed by atoms with E-state index < -0.39 is 6.04 Å². The van der Waals surface area contributed by atoms with Crippen LogP contribution in [0, 0.1) is 0 Å². The van der Waals surface area contributed by atoms with E-state index >= 15 is 0 Å². The summed E-state index contributed by atoms with van der Waals surface area (Å²) in [5, 5.41) is 6.92. The normalized spacial score (nSPS) is 13.5. The van der Waals surface area contributed by atoms with E-state index in [1.54, 1.807) is 31.2 Å². The fourth-order valence-corrected chi connectivity index (χ4v) is 2.05. The first kappa shape index (κ1) is 15.1. The molecule has 2 atom stereocenters. The minimum absolute atomic E-state index is 0.157. The maximum absolute atomic E-state index is 12.2. The molecule has 112 valence electrons. The van der Waals surface area contributed by atoms with E-state index in [1.165, 1.54) is 0 Å². The van der Waals surface area contributed by atoms with Crippen molar-refractivity contribution in [1.82, 2.24) is 15.1 Å². The second-order valence-corrected chi connectivity index (χ2v) is 4.93. The Morgan fingerprint density at radius 3 is 2.81 bits per heavy atom. The van der Waals surface area contributed by atoms with Crippen LogP contribution < -0.4 is 15.8 Å². The zero-order chi connectivity index (χ0) is 15.4. The van der Waals surface area contributed by atoms with Crippen LogP contribution in [0.25, 0.3) is 0 Å². The lowest BCUT2D eigenvalue weighted by Gasteiger charge is -2.17. The summed E-state index contributed by atoms with van der Waals surface area (Å²) in [5.41, 5.74) is 7.59. The van der Waals surface area contributed by atoms with Gasteiger partial charge >= 0.3 is 0 Å². The topological polar surface area (TPSA) is 82.2 Å². The monoisotopic (exact) mass is 288 g/mol. The molecule has 6 nitrogen and oxygen atoms in total. The highest BCUT2D eigenvalue weighted by Crippen LogP contribution is 2.19. The average Bonchev–Trinajstić information content (AvgIpc) is 2.92. The van der Waals surface area contributed by atoms with Crippen LogP contribution in [0.2, 0.25) is 0 Å². The molecule has 1 amide bonds. The smallest absolute Gasteiger partial charge is 0.242 e. The molecule has 0 saturated heterocycles. The van der Waals surface area contributed by atoms with Crippen LogP contribution in [-0.4, -0.2) is 22.8 Å². The van der Waals surface area contributed by atoms with Crippen LogP contribution in [0.1, 0.15) is 30.1 Å². The molecular formula is C15H20N4O2. The number of carbonyl (C=O) groups is 1. The summed E-state index contributed by atoms with van der Waals surface area (Å²) in [5.74, 6) is 0.517. The number of ether oxygens (including phenoxy) is 1. The first-order valence-corrected chi connectivity index (χ1v) is 6.69. The number of methoxy groups -OCH3 is 1. The second kappa shape index (κ2) is 6.41. The fourth-order valence-electron chi connectivity index (χ4n) is 2.05. The first-order valence-electron chi connectivity index (χ1n) is 6.69. The molecule has 0 aliphatic carbocycles. The third-order valence-electron chi connectivity index (χ3n) is 3.32. The van der Waals surface area contributed by atoms with Gasteiger partial charge in [0.2, 0.25) is 5.91 Å². The summed E-state index contributed by atoms with van der Waals surface area (Å²) in [6.07, 6.45) is 3.33. The Labute approximate surface area is 123 Å². The molecule has 0 aliphatic heterocycles. The first-order chi connectivity index (χ1) is 10.0. The lowest BCUT2D eigenvalue weighted by Crippen LogP contribution is -2.35. The second-order valence-electron chi connectivity index (χ2n) is 4.93. The number of hydrogen-bond acceptors (Lipinski definition) is 4. The van der Waals surface area contributed by atoms with Gasteiger partial charge in [0.1, 0.15) is 11.8 Å². The Morgan fingerprint density at radius 1 is 1.43 bits per heavy atom. The molecule has 1 aromatic carbocycles. The molecule has 21 heavy (non-hydrogen) atoms. The van der Waals surface area contributed by atoms with Gasteiger partial charge in [0, 0.05) is 18.8 Å². The van der Waals surface area contributed by atoms with Crippen molar-refractivity contribution in [3.63, 3.8) is 0 Å². The van der Waals surface area contributed by atoms with Gasteiger partial charge < -0.3 is 15.8 Å². The predicted molar refractivity (Wildman–Crippen MR) is 79.7 cm³/mol. The molecule has 2 aromatic rings. The summed E-state index contributed by atoms with van der Waals surface area (Å²) >= 11 is 0. The molecule has 6 heteroatoms. The summed E-state index contributed by atoms with van der Waals surface area (Å²) in [6, 6.07) is 6.68. The Hall–Kier alpha value is -2.34. The number of benzene rings is 1. The van der Waals surface area contributed by atoms with Crippen molar-refractivity contribution in [2.24, 2.45) is 12.8 Å². The number of aryl methyl sites for hydroxylation is 1. The minimum atomic E-state index is -0.730. The highest BCUT2D eigenvalue weighted by Gasteiger charge is 2.19. The maximum Gasteiger partial charge on any atom is 0.242 e. The molecule has 0 spiro atoms. The molecule has 1 unspecified atom stereocenters. The summed E-state index contributed by atoms with van der Waals surface area (Å²) < 4.78 is 6.80. The SMILES string of the molecule is COc1cccc([C@H](C)NC(=O)C(N)c2cnn(C)c2)c1. The Kier molecular flexibility index (Phi) is 4.59. The number of nitrogens with one attached hydrogen (secondary N) is 1. The Morgan fingerprint density at radius 2 is 2.19 bits per heavy atom. The van der Waals surface area contributed by atoms with Gasteiger partial charge in [-0.2, -0.15) is 5.10 Å². The lowest BCUT2D eigenvalue weighted by atomic mass is 10.1. The summed E-state index contributed by atoms with van der Waals surface area (Å²) in [4.78, 5) is 12.2. The number of nitrogens with two attached hydrogens (primary N) is 1. The third-order valence-corrected chi connectivity index (χ3v) is 3.32. The largest absolute Gasteiger partial charge is 0.497 e. The number of hydrogen-bond donors (Lipinski definition) is 2. The maximum atomic E-state index is 12.2. The van der Waals surface area contributed by atoms with Crippen molar-refractivity contribution in [3.05, 3.63) is 47.8 Å². The number of amides is 1. The Balaban J connectivity index is 2.04. The quantitative estimate of drug-likeness (QED) is 0.869. The lowest BCUT2D eigenvalue weighted by molar-refractivity contribution is -0.123. The van der Waals surface area contributed by atoms with Gasteiger partial charge in [0.25, 0.3) is 0 Å². The summed E-state index contributed by atoms with van der Waals surface area (Å²) in [6.45, 7) is 1.91. The minimum Gasteiger partial charge on any atom is -0.497 e. The van der Waals surface area contributed by atoms with Crippen molar-refractivity contribution in [2.45, 2.75) is 19.0 Å². The average molecular weight is 288 g/mol. The summed E-state index contributed by atoms with van der Waals surface area (Å²) in [7, 11) is 3.40. The van der Waals surface area contributed by atoms with Crippen molar-refractivity contribution < 1.29 is 9.53 Å². The molecule has 0 fully saturated rings. The van der Waals surface area contributed by atoms with E-state index in [-0.39, 0.29) is 11.9 Å². The van der Waals surface area contributed by atoms with E-state index in [2.05, 4.69) is 10.4 Å². The van der Waals surface area contributed by atoms with Crippen molar-refractivity contribution in [1.29, 1.82) is 0 Å². The van der Waals surface area contributed by atoms with Crippen LogP contribution >= 0.6 is 0 Å². The van der Waals surface area contributed by atoms with Gasteiger partial charge in [-0.05, 0) is 24.6 Å². The highest BCUT2D eigenvalue weighted by atomic mass is 16.5. The molecule has 1 aromatic heterocycles. The van der Waals surface area contributed by atoms with Crippen LogP contribution in [0.15, 0.2) is 36.7 Å². The van der Waals surface area contributed by atoms with Crippen molar-refractivity contribution >= 4 is 5.91 Å². The number of carbonyl (C=O) groups excluding carboxylic acids is 1. The zero-order valence-corrected chi connectivity index (χ0v) is 12.4. The van der Waals surface area contributed by atoms with Gasteiger partial charge in [0.15, 0.2) is 0 Å². The van der Waals surface area contributed by atoms with E-state index in [0.29, 0.717) is 5.56 Å². The van der Waals surface area contributed by atoms with Crippen LogP contribution in [0.3, 0.4) is 0 Å². The van der Waals surface area contributed by atoms with Gasteiger partial charge in [-0.25, -0.2) is 0 Å². The Bertz CT molecular complexity index is 624. The number of aromatic nitrogens is 2. The van der Waals surface area contributed by atoms with E-state index in [4.69, 9.17) is 10.5 Å². The van der Waals surface area contributed by atoms with Crippen molar-refractivity contribution in [3.8, 4) is 5.75 Å². The van der Waals surface area contributed by atoms with Crippen LogP contribution in [-0.2, 0) is 11.8 Å². The molecule has 0 saturated carbocycles. The van der Waals surface area contributed by atoms with E-state index in [9.17, 15) is 4.79 Å². The molecule has 2 rings (SSSR count). The molecule has 0 radical (unpaired) electrons. The molecular weight excluding hydrogens is 268 g/mol. The predicted octanol–water partition coefficient (Wildman–Crippen LogP) is 1.31. The number of nitrogens with zero attached hydrogens (tertiary/aromatic N) is 2. The molecule has 0 bridgehead atoms. The standard InChI is InChI=1S/C15H20N4O2/c1-10(11-5-4-6-13(7-11)21-3)18-15(20)14(16)12-8-17-19(2)9-12/h4-10,14H,16H2,1-3H3,(H,18,20)/t10-,14?/m0/s1. The van der Waals surface area contributed by atoms with Gasteiger partial charge in [-0.15, -0.1) is 0 Å². The third kappa shape index (κ3) is 3.61. The highest BCUT2D eigenvalue weighted by molar-refractivity contribution is 5.83. The van der Waals surface area contributed by atoms with E-state index in [1.807, 2.05) is 31.2 Å². The van der Waals surface area contributed by atoms with Gasteiger partial charge in [-0.3, -0.25) is 9.48 Å². The van der Waals surface area contributed by atoms with Gasteiger partial charge in [0.05, 0.1) is 19.3 Å². The van der Waals surface area contributed by atoms with Gasteiger partial charge in [-0.1, -0.05) is 12.1 Å². The van der Waals surface area contributed by atoms with Crippen LogP contribution in [0.4, 0.5) is 0 Å². The van der Waals surface area contributed by atoms with Crippen LogP contribution in [0.5, 0.6) is 5.75 Å². The number of rotatable bonds is 5. The zero-order valence-electron chi connectivity index (χ0n) is 12.4. The molecule has 3 N–H and O–H groups in total. The molecule has 1 heterocycles. The molecule has 0 aliphatic rings. The van der Waals surface area contributed by atoms with E-state index in [0.717, 1.165) is 11.3 Å². The fraction of sp³-hybridized carbons (Fsp3) is 0.333. The van der Waals surface area contributed by atoms with Crippen molar-refractivity contribution in [2.75, 3.05) is 7.11 Å².